The van der Waals surface area contributed by atoms with Crippen LogP contribution >= 0.6 is 0 Å². The minimum Gasteiger partial charge on any atom is -0.484 e. The second kappa shape index (κ2) is 5.80. The third kappa shape index (κ3) is 2.43. The Hall–Kier alpha value is -2.95. The summed E-state index contributed by atoms with van der Waals surface area (Å²) in [6.45, 7) is 5.28. The second-order valence-corrected chi connectivity index (χ2v) is 6.70. The fourth-order valence-electron chi connectivity index (χ4n) is 3.52. The number of carbonyl (C=O) groups is 1. The fraction of sp³-hybridized carbons (Fsp3) is 0.238. The van der Waals surface area contributed by atoms with E-state index in [0.29, 0.717) is 39.0 Å². The van der Waals surface area contributed by atoms with Crippen LogP contribution in [0.1, 0.15) is 45.1 Å². The summed E-state index contributed by atoms with van der Waals surface area (Å²) in [6.07, 6.45) is -0.445. The lowest BCUT2D eigenvalue weighted by Crippen LogP contribution is -2.22. The highest BCUT2D eigenvalue weighted by Gasteiger charge is 2.32. The maximum Gasteiger partial charge on any atom is 0.339 e. The van der Waals surface area contributed by atoms with Gasteiger partial charge in [-0.05, 0) is 55.7 Å². The first-order valence-corrected chi connectivity index (χ1v) is 8.39. The molecule has 1 aromatic heterocycles. The molecular weight excluding hydrogens is 335 g/mol. The number of carbonyl (C=O) groups excluding carboxylic acids is 1. The Morgan fingerprint density at radius 1 is 1.08 bits per heavy atom. The summed E-state index contributed by atoms with van der Waals surface area (Å²) < 4.78 is 25.2. The van der Waals surface area contributed by atoms with E-state index in [1.807, 2.05) is 6.92 Å². The van der Waals surface area contributed by atoms with Gasteiger partial charge in [-0.3, -0.25) is 4.79 Å². The zero-order valence-corrected chi connectivity index (χ0v) is 14.7. The quantitative estimate of drug-likeness (QED) is 0.602. The van der Waals surface area contributed by atoms with Gasteiger partial charge in [0, 0.05) is 5.56 Å². The molecule has 0 radical (unpaired) electrons. The van der Waals surface area contributed by atoms with Gasteiger partial charge in [0.05, 0.1) is 17.4 Å². The van der Waals surface area contributed by atoms with Crippen LogP contribution in [0.3, 0.4) is 0 Å². The Balaban J connectivity index is 1.98. The normalized spacial score (nSPS) is 16.5. The number of hydrogen-bond donors (Lipinski definition) is 0. The average molecular weight is 352 g/mol. The molecule has 1 atom stereocenters. The number of hydrogen-bond acceptors (Lipinski definition) is 4. The first-order chi connectivity index (χ1) is 12.4. The fourth-order valence-corrected chi connectivity index (χ4v) is 3.52. The maximum atomic E-state index is 13.6. The number of rotatable bonds is 1. The molecule has 3 aromatic rings. The third-order valence-corrected chi connectivity index (χ3v) is 5.02. The first kappa shape index (κ1) is 16.5. The van der Waals surface area contributed by atoms with Crippen LogP contribution in [0, 0.1) is 26.6 Å². The zero-order chi connectivity index (χ0) is 18.6. The summed E-state index contributed by atoms with van der Waals surface area (Å²) in [4.78, 5) is 24.8. The predicted octanol–water partition coefficient (Wildman–Crippen LogP) is 4.56. The molecule has 1 unspecified atom stereocenters. The highest BCUT2D eigenvalue weighted by atomic mass is 19.1. The third-order valence-electron chi connectivity index (χ3n) is 5.02. The molecule has 2 aromatic carbocycles. The second-order valence-electron chi connectivity index (χ2n) is 6.70. The zero-order valence-electron chi connectivity index (χ0n) is 14.7. The minimum absolute atomic E-state index is 0.0665. The molecule has 1 aliphatic rings. The number of ketones is 1. The van der Waals surface area contributed by atoms with Crippen LogP contribution in [0.15, 0.2) is 39.5 Å². The Labute approximate surface area is 149 Å². The van der Waals surface area contributed by atoms with Crippen molar-refractivity contribution in [3.63, 3.8) is 0 Å². The molecule has 0 N–H and O–H groups in total. The van der Waals surface area contributed by atoms with Gasteiger partial charge in [-0.2, -0.15) is 0 Å². The van der Waals surface area contributed by atoms with Gasteiger partial charge < -0.3 is 9.15 Å². The lowest BCUT2D eigenvalue weighted by molar-refractivity contribution is 0.0852. The number of halogens is 1. The molecule has 1 aliphatic heterocycles. The molecule has 4 nitrogen and oxygen atoms in total. The van der Waals surface area contributed by atoms with Crippen molar-refractivity contribution in [2.75, 3.05) is 0 Å². The summed E-state index contributed by atoms with van der Waals surface area (Å²) in [5.41, 5.74) is 2.99. The van der Waals surface area contributed by atoms with Gasteiger partial charge in [0.25, 0.3) is 0 Å². The van der Waals surface area contributed by atoms with Crippen molar-refractivity contribution in [2.24, 2.45) is 0 Å². The summed E-state index contributed by atoms with van der Waals surface area (Å²) in [7, 11) is 0. The van der Waals surface area contributed by atoms with Crippen molar-refractivity contribution >= 4 is 16.8 Å². The van der Waals surface area contributed by atoms with Gasteiger partial charge in [-0.25, -0.2) is 9.18 Å². The Kier molecular flexibility index (Phi) is 3.68. The van der Waals surface area contributed by atoms with E-state index in [1.165, 1.54) is 12.1 Å². The number of benzene rings is 2. The van der Waals surface area contributed by atoms with E-state index in [0.717, 1.165) is 5.56 Å². The Morgan fingerprint density at radius 3 is 2.58 bits per heavy atom. The van der Waals surface area contributed by atoms with E-state index in [-0.39, 0.29) is 18.0 Å². The van der Waals surface area contributed by atoms with Crippen molar-refractivity contribution in [2.45, 2.75) is 33.3 Å². The summed E-state index contributed by atoms with van der Waals surface area (Å²) in [5.74, 6) is -0.0329. The van der Waals surface area contributed by atoms with Gasteiger partial charge >= 0.3 is 5.63 Å². The van der Waals surface area contributed by atoms with Crippen molar-refractivity contribution in [1.82, 2.24) is 0 Å². The number of fused-ring (bicyclic) bond motifs is 3. The molecule has 0 aliphatic carbocycles. The van der Waals surface area contributed by atoms with Crippen LogP contribution in [0.2, 0.25) is 0 Å². The van der Waals surface area contributed by atoms with E-state index in [4.69, 9.17) is 9.15 Å². The molecule has 5 heteroatoms. The molecule has 0 spiro atoms. The highest BCUT2D eigenvalue weighted by Crippen LogP contribution is 2.42. The minimum atomic E-state index is -0.581. The number of aryl methyl sites for hydroxylation is 2. The standard InChI is InChI=1S/C21H17FO4/c1-10-7-17-19(11(2)12(3)21(24)26-17)20-18(10)15(23)9-16(25-20)13-5-4-6-14(22)8-13/h4-8,16H,9H2,1-3H3. The van der Waals surface area contributed by atoms with Crippen LogP contribution in [0.25, 0.3) is 11.0 Å². The molecule has 26 heavy (non-hydrogen) atoms. The maximum absolute atomic E-state index is 13.6. The van der Waals surface area contributed by atoms with Crippen LogP contribution in [0.4, 0.5) is 4.39 Å². The number of Topliss-reactive ketones (excluding diaryl/α,β-unsaturated/α-hetero) is 1. The van der Waals surface area contributed by atoms with Crippen LogP contribution < -0.4 is 10.4 Å². The van der Waals surface area contributed by atoms with Crippen molar-refractivity contribution < 1.29 is 18.3 Å². The molecule has 0 saturated carbocycles. The van der Waals surface area contributed by atoms with Gasteiger partial charge in [-0.1, -0.05) is 12.1 Å². The van der Waals surface area contributed by atoms with E-state index >= 15 is 0 Å². The monoisotopic (exact) mass is 352 g/mol. The summed E-state index contributed by atoms with van der Waals surface area (Å²) in [5, 5.41) is 0.622. The lowest BCUT2D eigenvalue weighted by atomic mass is 9.90. The Morgan fingerprint density at radius 2 is 1.85 bits per heavy atom. The van der Waals surface area contributed by atoms with E-state index in [1.54, 1.807) is 32.0 Å². The average Bonchev–Trinajstić information content (AvgIpc) is 2.59. The topological polar surface area (TPSA) is 56.5 Å². The largest absolute Gasteiger partial charge is 0.484 e. The highest BCUT2D eigenvalue weighted by molar-refractivity contribution is 6.07. The molecule has 2 heterocycles. The van der Waals surface area contributed by atoms with Crippen LogP contribution in [-0.2, 0) is 0 Å². The van der Waals surface area contributed by atoms with Crippen LogP contribution in [-0.4, -0.2) is 5.78 Å². The van der Waals surface area contributed by atoms with Gasteiger partial charge in [-0.15, -0.1) is 0 Å². The molecule has 0 saturated heterocycles. The van der Waals surface area contributed by atoms with Crippen molar-refractivity contribution in [3.05, 3.63) is 74.4 Å². The SMILES string of the molecule is Cc1cc2oc(=O)c(C)c(C)c2c2c1C(=O)CC(c1cccc(F)c1)O2. The first-order valence-electron chi connectivity index (χ1n) is 8.39. The smallest absolute Gasteiger partial charge is 0.339 e. The predicted molar refractivity (Wildman–Crippen MR) is 95.4 cm³/mol. The molecule has 0 amide bonds. The summed E-state index contributed by atoms with van der Waals surface area (Å²) in [6, 6.07) is 7.76. The summed E-state index contributed by atoms with van der Waals surface area (Å²) >= 11 is 0. The number of ether oxygens (including phenoxy) is 1. The molecular formula is C21H17FO4. The van der Waals surface area contributed by atoms with Crippen LogP contribution in [0.5, 0.6) is 5.75 Å². The van der Waals surface area contributed by atoms with Crippen molar-refractivity contribution in [3.8, 4) is 5.75 Å². The van der Waals surface area contributed by atoms with E-state index in [9.17, 15) is 14.0 Å². The Bertz CT molecular complexity index is 1130. The van der Waals surface area contributed by atoms with Gasteiger partial charge in [0.1, 0.15) is 23.3 Å². The van der Waals surface area contributed by atoms with E-state index < -0.39 is 11.7 Å². The molecule has 4 rings (SSSR count). The van der Waals surface area contributed by atoms with Gasteiger partial charge in [0.15, 0.2) is 5.78 Å². The molecule has 0 bridgehead atoms. The molecule has 0 fully saturated rings. The van der Waals surface area contributed by atoms with Crippen molar-refractivity contribution in [1.29, 1.82) is 0 Å². The van der Waals surface area contributed by atoms with E-state index in [2.05, 4.69) is 0 Å². The molecule has 132 valence electrons. The lowest BCUT2D eigenvalue weighted by Gasteiger charge is -2.28. The van der Waals surface area contributed by atoms with Gasteiger partial charge in [0.2, 0.25) is 0 Å².